The number of nitrogens with zero attached hydrogens (tertiary/aromatic N) is 3. The van der Waals surface area contributed by atoms with Gasteiger partial charge in [0.05, 0.1) is 42.0 Å². The van der Waals surface area contributed by atoms with Gasteiger partial charge in [-0.05, 0) is 19.9 Å². The number of hydrogen-bond acceptors (Lipinski definition) is 6. The Morgan fingerprint density at radius 3 is 2.64 bits per heavy atom. The van der Waals surface area contributed by atoms with Crippen LogP contribution in [-0.2, 0) is 16.6 Å². The SMILES string of the molecule is COc1ccc2[nH]c(S(=O)Cc3ncc(C)c(OC)c3C)nc2n1.[H-].[Na+]. The van der Waals surface area contributed by atoms with Gasteiger partial charge in [0.25, 0.3) is 0 Å². The Hall–Kier alpha value is -1.48. The Bertz CT molecular complexity index is 935. The van der Waals surface area contributed by atoms with E-state index in [0.29, 0.717) is 22.2 Å². The average Bonchev–Trinajstić information content (AvgIpc) is 3.01. The summed E-state index contributed by atoms with van der Waals surface area (Å²) in [5.74, 6) is 1.49. The maximum absolute atomic E-state index is 12.7. The second kappa shape index (κ2) is 8.27. The maximum atomic E-state index is 12.7. The van der Waals surface area contributed by atoms with Crippen LogP contribution in [0.3, 0.4) is 0 Å². The Balaban J connectivity index is 0.00000169. The maximum Gasteiger partial charge on any atom is 1.00 e. The van der Waals surface area contributed by atoms with E-state index < -0.39 is 10.8 Å². The summed E-state index contributed by atoms with van der Waals surface area (Å²) in [4.78, 5) is 15.9. The molecule has 128 valence electrons. The molecule has 0 aromatic carbocycles. The van der Waals surface area contributed by atoms with Gasteiger partial charge in [0, 0.05) is 23.4 Å². The zero-order valence-corrected chi connectivity index (χ0v) is 17.7. The van der Waals surface area contributed by atoms with E-state index in [9.17, 15) is 4.21 Å². The van der Waals surface area contributed by atoms with Gasteiger partial charge in [-0.25, -0.2) is 4.98 Å². The van der Waals surface area contributed by atoms with Crippen LogP contribution >= 0.6 is 0 Å². The molecule has 9 heteroatoms. The van der Waals surface area contributed by atoms with Crippen LogP contribution in [0, 0.1) is 13.8 Å². The number of imidazole rings is 1. The van der Waals surface area contributed by atoms with Gasteiger partial charge in [0.15, 0.2) is 10.8 Å². The number of aromatic nitrogens is 4. The summed E-state index contributed by atoms with van der Waals surface area (Å²) in [7, 11) is 1.79. The van der Waals surface area contributed by atoms with Gasteiger partial charge in [0.2, 0.25) is 5.88 Å². The molecule has 1 atom stereocenters. The number of methoxy groups -OCH3 is 2. The van der Waals surface area contributed by atoms with Gasteiger partial charge in [-0.2, -0.15) is 4.98 Å². The van der Waals surface area contributed by atoms with Crippen molar-refractivity contribution < 1.29 is 44.7 Å². The quantitative estimate of drug-likeness (QED) is 0.604. The normalized spacial score (nSPS) is 11.8. The van der Waals surface area contributed by atoms with Crippen molar-refractivity contribution in [3.8, 4) is 11.6 Å². The number of fused-ring (bicyclic) bond motifs is 1. The minimum atomic E-state index is -1.37. The van der Waals surface area contributed by atoms with Crippen LogP contribution in [0.1, 0.15) is 18.2 Å². The van der Waals surface area contributed by atoms with E-state index in [0.717, 1.165) is 22.6 Å². The van der Waals surface area contributed by atoms with E-state index >= 15 is 0 Å². The first-order valence-corrected chi connectivity index (χ1v) is 8.63. The topological polar surface area (TPSA) is 90.0 Å². The molecule has 1 N–H and O–H groups in total. The van der Waals surface area contributed by atoms with Crippen LogP contribution in [0.25, 0.3) is 11.2 Å². The molecular weight excluding hydrogens is 351 g/mol. The molecular formula is C16H19N4NaO3S. The molecule has 3 rings (SSSR count). The third-order valence-corrected chi connectivity index (χ3v) is 4.90. The van der Waals surface area contributed by atoms with Crippen molar-refractivity contribution in [1.29, 1.82) is 0 Å². The van der Waals surface area contributed by atoms with Gasteiger partial charge in [-0.3, -0.25) is 9.19 Å². The summed E-state index contributed by atoms with van der Waals surface area (Å²) in [5, 5.41) is 0.367. The number of H-pyrrole nitrogens is 1. The minimum Gasteiger partial charge on any atom is -1.00 e. The van der Waals surface area contributed by atoms with Gasteiger partial charge in [0.1, 0.15) is 5.75 Å². The first kappa shape index (κ1) is 19.8. The fourth-order valence-electron chi connectivity index (χ4n) is 2.48. The van der Waals surface area contributed by atoms with Gasteiger partial charge >= 0.3 is 29.6 Å². The molecule has 0 bridgehead atoms. The third kappa shape index (κ3) is 4.03. The average molecular weight is 370 g/mol. The molecule has 0 aliphatic rings. The molecule has 0 fully saturated rings. The Morgan fingerprint density at radius 1 is 1.20 bits per heavy atom. The summed E-state index contributed by atoms with van der Waals surface area (Å²) >= 11 is 0. The smallest absolute Gasteiger partial charge is 1.00 e. The summed E-state index contributed by atoms with van der Waals surface area (Å²) < 4.78 is 23.1. The van der Waals surface area contributed by atoms with E-state index in [4.69, 9.17) is 9.47 Å². The molecule has 3 aromatic rings. The molecule has 0 aliphatic carbocycles. The molecule has 25 heavy (non-hydrogen) atoms. The first-order chi connectivity index (χ1) is 11.5. The van der Waals surface area contributed by atoms with Crippen molar-refractivity contribution in [1.82, 2.24) is 19.9 Å². The van der Waals surface area contributed by atoms with Crippen molar-refractivity contribution in [2.45, 2.75) is 24.8 Å². The van der Waals surface area contributed by atoms with Gasteiger partial charge in [-0.15, -0.1) is 0 Å². The van der Waals surface area contributed by atoms with Crippen LogP contribution in [0.15, 0.2) is 23.5 Å². The summed E-state index contributed by atoms with van der Waals surface area (Å²) in [6.45, 7) is 3.84. The Morgan fingerprint density at radius 2 is 1.96 bits per heavy atom. The predicted octanol–water partition coefficient (Wildman–Crippen LogP) is -0.589. The standard InChI is InChI=1S/C16H18N4O3S.Na.H/c1-9-7-17-12(10(2)14(9)23-4)8-24(21)16-18-11-5-6-13(22-3)19-15(11)20-16;;/h5-7H,8H2,1-4H3,(H,18,19,20);;/q;+1;-1. The molecule has 0 saturated heterocycles. The number of hydrogen-bond donors (Lipinski definition) is 1. The van der Waals surface area contributed by atoms with E-state index in [1.807, 2.05) is 13.8 Å². The zero-order valence-electron chi connectivity index (χ0n) is 15.9. The number of aryl methyl sites for hydroxylation is 1. The fourth-order valence-corrected chi connectivity index (χ4v) is 3.57. The second-order valence-electron chi connectivity index (χ2n) is 5.30. The summed E-state index contributed by atoms with van der Waals surface area (Å²) in [6, 6.07) is 3.52. The largest absolute Gasteiger partial charge is 1.00 e. The Labute approximate surface area is 171 Å². The molecule has 0 radical (unpaired) electrons. The summed E-state index contributed by atoms with van der Waals surface area (Å²) in [5.41, 5.74) is 3.75. The Kier molecular flexibility index (Phi) is 6.56. The molecule has 1 unspecified atom stereocenters. The first-order valence-electron chi connectivity index (χ1n) is 7.31. The summed E-state index contributed by atoms with van der Waals surface area (Å²) in [6.07, 6.45) is 1.73. The van der Waals surface area contributed by atoms with Gasteiger partial charge in [-0.1, -0.05) is 0 Å². The monoisotopic (exact) mass is 370 g/mol. The molecule has 0 saturated carbocycles. The number of nitrogens with one attached hydrogen (secondary N) is 1. The number of aromatic amines is 1. The van der Waals surface area contributed by atoms with Crippen LogP contribution < -0.4 is 39.0 Å². The van der Waals surface area contributed by atoms with Crippen LogP contribution in [0.5, 0.6) is 11.6 Å². The van der Waals surface area contributed by atoms with Crippen molar-refractivity contribution in [3.63, 3.8) is 0 Å². The third-order valence-electron chi connectivity index (χ3n) is 3.74. The zero-order chi connectivity index (χ0) is 17.3. The van der Waals surface area contributed by atoms with Crippen LogP contribution in [-0.4, -0.2) is 38.4 Å². The number of rotatable bonds is 5. The van der Waals surface area contributed by atoms with Gasteiger partial charge < -0.3 is 15.9 Å². The number of ether oxygens (including phenoxy) is 2. The van der Waals surface area contributed by atoms with Crippen molar-refractivity contribution >= 4 is 22.0 Å². The van der Waals surface area contributed by atoms with E-state index in [-0.39, 0.29) is 36.7 Å². The van der Waals surface area contributed by atoms with E-state index in [2.05, 4.69) is 19.9 Å². The van der Waals surface area contributed by atoms with Crippen LogP contribution in [0.2, 0.25) is 0 Å². The predicted molar refractivity (Wildman–Crippen MR) is 91.9 cm³/mol. The molecule has 3 heterocycles. The fraction of sp³-hybridized carbons (Fsp3) is 0.312. The van der Waals surface area contributed by atoms with Crippen molar-refractivity contribution in [2.24, 2.45) is 0 Å². The molecule has 0 aliphatic heterocycles. The van der Waals surface area contributed by atoms with Crippen molar-refractivity contribution in [2.75, 3.05) is 14.2 Å². The molecule has 0 spiro atoms. The minimum absolute atomic E-state index is 0. The van der Waals surface area contributed by atoms with Crippen LogP contribution in [0.4, 0.5) is 0 Å². The molecule has 0 amide bonds. The van der Waals surface area contributed by atoms with Crippen molar-refractivity contribution in [3.05, 3.63) is 35.2 Å². The van der Waals surface area contributed by atoms with E-state index in [1.165, 1.54) is 0 Å². The molecule has 7 nitrogen and oxygen atoms in total. The van der Waals surface area contributed by atoms with E-state index in [1.54, 1.807) is 32.5 Å². The molecule has 3 aromatic heterocycles. The second-order valence-corrected chi connectivity index (χ2v) is 6.67. The number of pyridine rings is 2.